The summed E-state index contributed by atoms with van der Waals surface area (Å²) in [5.74, 6) is -0.305. The van der Waals surface area contributed by atoms with E-state index in [-0.39, 0.29) is 5.91 Å². The molecular weight excluding hydrogens is 380 g/mol. The Balaban J connectivity index is 1.49. The minimum Gasteiger partial charge on any atom is -0.496 e. The number of carboxylic acids is 1. The van der Waals surface area contributed by atoms with Crippen molar-refractivity contribution < 1.29 is 19.4 Å². The predicted molar refractivity (Wildman–Crippen MR) is 116 cm³/mol. The average Bonchev–Trinajstić information content (AvgIpc) is 2.77. The summed E-state index contributed by atoms with van der Waals surface area (Å²) in [5, 5.41) is 11.8. The van der Waals surface area contributed by atoms with Gasteiger partial charge in [-0.1, -0.05) is 36.4 Å². The zero-order chi connectivity index (χ0) is 21.3. The van der Waals surface area contributed by atoms with Gasteiger partial charge in [0.2, 0.25) is 0 Å². The Bertz CT molecular complexity index is 887. The second kappa shape index (κ2) is 10.6. The maximum absolute atomic E-state index is 12.6. The second-order valence-electron chi connectivity index (χ2n) is 7.55. The number of methoxy groups -OCH3 is 1. The van der Waals surface area contributed by atoms with Crippen LogP contribution < -0.4 is 10.1 Å². The third kappa shape index (κ3) is 6.19. The fourth-order valence-corrected chi connectivity index (χ4v) is 3.69. The van der Waals surface area contributed by atoms with Crippen molar-refractivity contribution in [1.82, 2.24) is 10.2 Å². The van der Waals surface area contributed by atoms with Crippen LogP contribution in [0, 0.1) is 5.92 Å². The molecule has 0 unspecified atom stereocenters. The molecule has 2 aromatic rings. The number of carbonyl (C=O) groups is 2. The van der Waals surface area contributed by atoms with Crippen molar-refractivity contribution in [2.24, 2.45) is 5.92 Å². The van der Waals surface area contributed by atoms with Crippen LogP contribution in [0.4, 0.5) is 0 Å². The van der Waals surface area contributed by atoms with Crippen molar-refractivity contribution in [3.8, 4) is 5.75 Å². The Morgan fingerprint density at radius 2 is 1.90 bits per heavy atom. The summed E-state index contributed by atoms with van der Waals surface area (Å²) in [6, 6.07) is 15.5. The third-order valence-electron chi connectivity index (χ3n) is 5.40. The van der Waals surface area contributed by atoms with Crippen molar-refractivity contribution in [2.45, 2.75) is 19.4 Å². The number of aliphatic carboxylic acids is 1. The summed E-state index contributed by atoms with van der Waals surface area (Å²) in [6.07, 6.45) is 4.64. The number of ether oxygens (including phenoxy) is 1. The van der Waals surface area contributed by atoms with Gasteiger partial charge >= 0.3 is 5.97 Å². The van der Waals surface area contributed by atoms with Crippen LogP contribution in [-0.2, 0) is 11.3 Å². The van der Waals surface area contributed by atoms with Gasteiger partial charge in [-0.25, -0.2) is 4.79 Å². The molecule has 0 atom stereocenters. The van der Waals surface area contributed by atoms with Gasteiger partial charge in [0.05, 0.1) is 12.7 Å². The van der Waals surface area contributed by atoms with Gasteiger partial charge in [0.1, 0.15) is 5.75 Å². The number of benzene rings is 2. The highest BCUT2D eigenvalue weighted by atomic mass is 16.5. The second-order valence-corrected chi connectivity index (χ2v) is 7.55. The Morgan fingerprint density at radius 1 is 1.17 bits per heavy atom. The lowest BCUT2D eigenvalue weighted by atomic mass is 9.96. The molecule has 3 rings (SSSR count). The minimum absolute atomic E-state index is 0.174. The highest BCUT2D eigenvalue weighted by Crippen LogP contribution is 2.22. The SMILES string of the molecule is COc1cc(C=CC(=O)O)ccc1C(=O)NCC1CCN(Cc2ccccc2)CC1. The summed E-state index contributed by atoms with van der Waals surface area (Å²) in [7, 11) is 1.50. The molecule has 1 amide bonds. The highest BCUT2D eigenvalue weighted by Gasteiger charge is 2.21. The summed E-state index contributed by atoms with van der Waals surface area (Å²) < 4.78 is 5.33. The van der Waals surface area contributed by atoms with Crippen LogP contribution >= 0.6 is 0 Å². The van der Waals surface area contributed by atoms with E-state index in [2.05, 4.69) is 34.5 Å². The fraction of sp³-hybridized carbons (Fsp3) is 0.333. The molecule has 1 aliphatic heterocycles. The van der Waals surface area contributed by atoms with E-state index in [0.717, 1.165) is 38.6 Å². The summed E-state index contributed by atoms with van der Waals surface area (Å²) in [5.41, 5.74) is 2.45. The molecule has 30 heavy (non-hydrogen) atoms. The summed E-state index contributed by atoms with van der Waals surface area (Å²) in [4.78, 5) is 25.8. The van der Waals surface area contributed by atoms with Gasteiger partial charge in [-0.2, -0.15) is 0 Å². The van der Waals surface area contributed by atoms with Crippen molar-refractivity contribution in [2.75, 3.05) is 26.7 Å². The zero-order valence-corrected chi connectivity index (χ0v) is 17.2. The number of piperidine rings is 1. The van der Waals surface area contributed by atoms with Gasteiger partial charge in [0.15, 0.2) is 0 Å². The molecule has 0 aliphatic carbocycles. The van der Waals surface area contributed by atoms with E-state index < -0.39 is 5.97 Å². The van der Waals surface area contributed by atoms with Crippen LogP contribution in [0.1, 0.15) is 34.3 Å². The number of nitrogens with zero attached hydrogens (tertiary/aromatic N) is 1. The molecule has 1 fully saturated rings. The topological polar surface area (TPSA) is 78.9 Å². The molecule has 6 nitrogen and oxygen atoms in total. The van der Waals surface area contributed by atoms with E-state index in [0.29, 0.717) is 29.3 Å². The molecule has 0 bridgehead atoms. The predicted octanol–water partition coefficient (Wildman–Crippen LogP) is 3.44. The molecule has 0 radical (unpaired) electrons. The van der Waals surface area contributed by atoms with Gasteiger partial charge in [-0.15, -0.1) is 0 Å². The number of likely N-dealkylation sites (tertiary alicyclic amines) is 1. The van der Waals surface area contributed by atoms with Gasteiger partial charge in [0, 0.05) is 19.2 Å². The Hall–Kier alpha value is -3.12. The van der Waals surface area contributed by atoms with Crippen LogP contribution in [0.5, 0.6) is 5.75 Å². The Kier molecular flexibility index (Phi) is 7.63. The van der Waals surface area contributed by atoms with E-state index in [4.69, 9.17) is 9.84 Å². The van der Waals surface area contributed by atoms with Crippen LogP contribution in [0.15, 0.2) is 54.6 Å². The first-order valence-electron chi connectivity index (χ1n) is 10.2. The summed E-state index contributed by atoms with van der Waals surface area (Å²) in [6.45, 7) is 3.67. The van der Waals surface area contributed by atoms with Gasteiger partial charge in [-0.3, -0.25) is 9.69 Å². The van der Waals surface area contributed by atoms with E-state index in [1.807, 2.05) is 6.07 Å². The molecule has 0 spiro atoms. The number of hydrogen-bond acceptors (Lipinski definition) is 4. The molecule has 6 heteroatoms. The standard InChI is InChI=1S/C24H28N2O4/c1-30-22-15-18(8-10-23(27)28)7-9-21(22)24(29)25-16-19-11-13-26(14-12-19)17-20-5-3-2-4-6-20/h2-10,15,19H,11-14,16-17H2,1H3,(H,25,29)(H,27,28). The van der Waals surface area contributed by atoms with E-state index in [1.165, 1.54) is 18.7 Å². The lowest BCUT2D eigenvalue weighted by Crippen LogP contribution is -2.38. The molecule has 1 saturated heterocycles. The molecule has 1 heterocycles. The lowest BCUT2D eigenvalue weighted by Gasteiger charge is -2.32. The number of rotatable bonds is 8. The first-order chi connectivity index (χ1) is 14.5. The highest BCUT2D eigenvalue weighted by molar-refractivity contribution is 5.97. The molecular formula is C24H28N2O4. The van der Waals surface area contributed by atoms with Crippen LogP contribution in [0.25, 0.3) is 6.08 Å². The van der Waals surface area contributed by atoms with E-state index in [1.54, 1.807) is 18.2 Å². The Labute approximate surface area is 177 Å². The first kappa shape index (κ1) is 21.6. The molecule has 2 N–H and O–H groups in total. The number of carbonyl (C=O) groups excluding carboxylic acids is 1. The normalized spacial score (nSPS) is 15.2. The Morgan fingerprint density at radius 3 is 2.57 bits per heavy atom. The lowest BCUT2D eigenvalue weighted by molar-refractivity contribution is -0.131. The van der Waals surface area contributed by atoms with Crippen LogP contribution in [-0.4, -0.2) is 48.6 Å². The molecule has 1 aliphatic rings. The first-order valence-corrected chi connectivity index (χ1v) is 10.2. The van der Waals surface area contributed by atoms with Crippen molar-refractivity contribution in [1.29, 1.82) is 0 Å². The quantitative estimate of drug-likeness (QED) is 0.654. The van der Waals surface area contributed by atoms with Crippen LogP contribution in [0.2, 0.25) is 0 Å². The number of nitrogens with one attached hydrogen (secondary N) is 1. The molecule has 0 aromatic heterocycles. The number of amides is 1. The molecule has 0 saturated carbocycles. The van der Waals surface area contributed by atoms with Crippen molar-refractivity contribution in [3.63, 3.8) is 0 Å². The third-order valence-corrected chi connectivity index (χ3v) is 5.40. The van der Waals surface area contributed by atoms with Gasteiger partial charge in [-0.05, 0) is 61.2 Å². The minimum atomic E-state index is -1.02. The van der Waals surface area contributed by atoms with Crippen molar-refractivity contribution in [3.05, 3.63) is 71.3 Å². The molecule has 2 aromatic carbocycles. The number of carboxylic acid groups (broad SMARTS) is 1. The van der Waals surface area contributed by atoms with Crippen LogP contribution in [0.3, 0.4) is 0 Å². The zero-order valence-electron chi connectivity index (χ0n) is 17.2. The maximum Gasteiger partial charge on any atom is 0.328 e. The van der Waals surface area contributed by atoms with Gasteiger partial charge < -0.3 is 15.2 Å². The van der Waals surface area contributed by atoms with Crippen molar-refractivity contribution >= 4 is 18.0 Å². The summed E-state index contributed by atoms with van der Waals surface area (Å²) >= 11 is 0. The van der Waals surface area contributed by atoms with E-state index >= 15 is 0 Å². The largest absolute Gasteiger partial charge is 0.496 e. The molecule has 158 valence electrons. The maximum atomic E-state index is 12.6. The smallest absolute Gasteiger partial charge is 0.328 e. The average molecular weight is 408 g/mol. The fourth-order valence-electron chi connectivity index (χ4n) is 3.69. The monoisotopic (exact) mass is 408 g/mol. The van der Waals surface area contributed by atoms with E-state index in [9.17, 15) is 9.59 Å². The number of hydrogen-bond donors (Lipinski definition) is 2. The van der Waals surface area contributed by atoms with Gasteiger partial charge in [0.25, 0.3) is 5.91 Å².